The number of amides is 3. The second-order valence-corrected chi connectivity index (χ2v) is 8.92. The van der Waals surface area contributed by atoms with Gasteiger partial charge in [-0.25, -0.2) is 0 Å². The van der Waals surface area contributed by atoms with E-state index in [1.165, 1.54) is 7.11 Å². The number of piperazine rings is 1. The topological polar surface area (TPSA) is 88.6 Å². The Morgan fingerprint density at radius 2 is 1.85 bits per heavy atom. The number of imide groups is 1. The molecule has 10 heteroatoms. The third-order valence-corrected chi connectivity index (χ3v) is 6.81. The molecule has 0 atom stereocenters. The Bertz CT molecular complexity index is 1160. The minimum atomic E-state index is -0.483. The van der Waals surface area contributed by atoms with Gasteiger partial charge in [0.1, 0.15) is 6.54 Å². The van der Waals surface area contributed by atoms with Crippen LogP contribution in [0.1, 0.15) is 5.56 Å². The lowest BCUT2D eigenvalue weighted by molar-refractivity contribution is -0.136. The number of para-hydroxylation sites is 1. The number of rotatable bonds is 5. The van der Waals surface area contributed by atoms with Gasteiger partial charge in [0.05, 0.1) is 12.0 Å². The van der Waals surface area contributed by atoms with Gasteiger partial charge in [-0.2, -0.15) is 0 Å². The number of nitrogens with zero attached hydrogens (tertiary/aromatic N) is 3. The summed E-state index contributed by atoms with van der Waals surface area (Å²) in [4.78, 5) is 43.5. The van der Waals surface area contributed by atoms with Crippen LogP contribution in [0.25, 0.3) is 6.08 Å². The number of fused-ring (bicyclic) bond motifs is 1. The lowest BCUT2D eigenvalue weighted by Gasteiger charge is -2.36. The fourth-order valence-corrected chi connectivity index (χ4v) is 4.95. The van der Waals surface area contributed by atoms with Crippen molar-refractivity contribution in [2.45, 2.75) is 0 Å². The smallest absolute Gasteiger partial charge is 0.294 e. The Kier molecular flexibility index (Phi) is 6.06. The number of carbonyl (C=O) groups is 3. The van der Waals surface area contributed by atoms with E-state index < -0.39 is 11.1 Å². The quantitative estimate of drug-likeness (QED) is 0.603. The predicted molar refractivity (Wildman–Crippen MR) is 127 cm³/mol. The maximum absolute atomic E-state index is 12.9. The van der Waals surface area contributed by atoms with Gasteiger partial charge in [-0.05, 0) is 47.7 Å². The first-order valence-electron chi connectivity index (χ1n) is 10.8. The van der Waals surface area contributed by atoms with E-state index in [2.05, 4.69) is 4.90 Å². The van der Waals surface area contributed by atoms with Crippen molar-refractivity contribution in [3.05, 3.63) is 52.9 Å². The predicted octanol–water partition coefficient (Wildman–Crippen LogP) is 2.81. The van der Waals surface area contributed by atoms with Crippen LogP contribution in [-0.2, 0) is 9.59 Å². The second-order valence-electron chi connectivity index (χ2n) is 7.93. The molecule has 5 rings (SSSR count). The molecule has 2 saturated heterocycles. The van der Waals surface area contributed by atoms with E-state index in [-0.39, 0.29) is 24.2 Å². The molecule has 3 aliphatic rings. The first-order valence-corrected chi connectivity index (χ1v) is 11.7. The molecule has 2 aromatic carbocycles. The van der Waals surface area contributed by atoms with E-state index in [0.29, 0.717) is 49.0 Å². The van der Waals surface area contributed by atoms with E-state index in [0.717, 1.165) is 22.3 Å². The molecule has 3 aliphatic heterocycles. The van der Waals surface area contributed by atoms with Gasteiger partial charge >= 0.3 is 0 Å². The molecule has 34 heavy (non-hydrogen) atoms. The molecule has 3 amide bonds. The number of benzene rings is 2. The average molecular weight is 482 g/mol. The first kappa shape index (κ1) is 22.1. The average Bonchev–Trinajstić information content (AvgIpc) is 3.44. The fraction of sp³-hybridized carbons (Fsp3) is 0.292. The molecule has 0 radical (unpaired) electrons. The molecule has 9 nitrogen and oxygen atoms in total. The Morgan fingerprint density at radius 1 is 1.09 bits per heavy atom. The number of hydrogen-bond donors (Lipinski definition) is 0. The number of methoxy groups -OCH3 is 1. The van der Waals surface area contributed by atoms with Crippen molar-refractivity contribution in [1.82, 2.24) is 9.80 Å². The van der Waals surface area contributed by atoms with Crippen molar-refractivity contribution in [3.8, 4) is 17.2 Å². The summed E-state index contributed by atoms with van der Waals surface area (Å²) in [6.07, 6.45) is 1.60. The summed E-state index contributed by atoms with van der Waals surface area (Å²) >= 11 is 0.816. The van der Waals surface area contributed by atoms with Crippen LogP contribution in [0.15, 0.2) is 47.4 Å². The van der Waals surface area contributed by atoms with Crippen molar-refractivity contribution in [3.63, 3.8) is 0 Å². The zero-order valence-corrected chi connectivity index (χ0v) is 19.4. The molecule has 2 fully saturated rings. The Hall–Kier alpha value is -3.66. The highest BCUT2D eigenvalue weighted by Crippen LogP contribution is 2.43. The minimum Gasteiger partial charge on any atom is -0.493 e. The molecular weight excluding hydrogens is 458 g/mol. The summed E-state index contributed by atoms with van der Waals surface area (Å²) in [6, 6.07) is 13.5. The SMILES string of the molecule is COc1cc(/C=C2\SC(=O)N(CC(=O)N3CCN(c4ccccc4)CC3)C2=O)cc2c1OCO2. The van der Waals surface area contributed by atoms with Gasteiger partial charge in [-0.15, -0.1) is 0 Å². The molecular formula is C24H23N3O6S. The molecule has 3 heterocycles. The third-order valence-electron chi connectivity index (χ3n) is 5.90. The first-order chi connectivity index (χ1) is 16.5. The van der Waals surface area contributed by atoms with Gasteiger partial charge in [-0.3, -0.25) is 19.3 Å². The summed E-state index contributed by atoms with van der Waals surface area (Å²) < 4.78 is 16.1. The van der Waals surface area contributed by atoms with Crippen LogP contribution < -0.4 is 19.1 Å². The molecule has 0 aliphatic carbocycles. The molecule has 0 spiro atoms. The van der Waals surface area contributed by atoms with Gasteiger partial charge < -0.3 is 24.0 Å². The van der Waals surface area contributed by atoms with Crippen LogP contribution in [-0.4, -0.2) is 73.5 Å². The largest absolute Gasteiger partial charge is 0.493 e. The Labute approximate surface area is 200 Å². The van der Waals surface area contributed by atoms with E-state index in [1.54, 1.807) is 23.1 Å². The lowest BCUT2D eigenvalue weighted by atomic mass is 10.1. The third kappa shape index (κ3) is 4.28. The molecule has 176 valence electrons. The monoisotopic (exact) mass is 481 g/mol. The van der Waals surface area contributed by atoms with Crippen LogP contribution in [0.4, 0.5) is 10.5 Å². The van der Waals surface area contributed by atoms with Crippen LogP contribution in [0.5, 0.6) is 17.2 Å². The summed E-state index contributed by atoms with van der Waals surface area (Å²) in [7, 11) is 1.51. The highest BCUT2D eigenvalue weighted by atomic mass is 32.2. The summed E-state index contributed by atoms with van der Waals surface area (Å²) in [5.41, 5.74) is 1.75. The number of carbonyl (C=O) groups excluding carboxylic acids is 3. The summed E-state index contributed by atoms with van der Waals surface area (Å²) in [5.74, 6) is 0.773. The van der Waals surface area contributed by atoms with Crippen molar-refractivity contribution in [1.29, 1.82) is 0 Å². The number of thioether (sulfide) groups is 1. The lowest BCUT2D eigenvalue weighted by Crippen LogP contribution is -2.51. The fourth-order valence-electron chi connectivity index (χ4n) is 4.11. The zero-order chi connectivity index (χ0) is 23.7. The normalized spacial score (nSPS) is 18.7. The van der Waals surface area contributed by atoms with Gasteiger partial charge in [0.2, 0.25) is 18.4 Å². The van der Waals surface area contributed by atoms with Crippen molar-refractivity contribution in [2.24, 2.45) is 0 Å². The van der Waals surface area contributed by atoms with Crippen molar-refractivity contribution >= 4 is 40.6 Å². The summed E-state index contributed by atoms with van der Waals surface area (Å²) in [5, 5.41) is -0.458. The van der Waals surface area contributed by atoms with Gasteiger partial charge in [-0.1, -0.05) is 18.2 Å². The number of anilines is 1. The molecule has 0 bridgehead atoms. The molecule has 0 unspecified atom stereocenters. The zero-order valence-electron chi connectivity index (χ0n) is 18.6. The second kappa shape index (κ2) is 9.30. The van der Waals surface area contributed by atoms with Crippen molar-refractivity contribution in [2.75, 3.05) is 51.5 Å². The standard InChI is InChI=1S/C24H23N3O6S/c1-31-18-11-16(12-19-22(18)33-15-32-19)13-20-23(29)27(24(30)34-20)14-21(28)26-9-7-25(8-10-26)17-5-3-2-4-6-17/h2-6,11-13H,7-10,14-15H2,1H3/b20-13-. The highest BCUT2D eigenvalue weighted by molar-refractivity contribution is 8.18. The Balaban J connectivity index is 1.23. The van der Waals surface area contributed by atoms with E-state index in [1.807, 2.05) is 30.3 Å². The molecule has 0 aromatic heterocycles. The maximum Gasteiger partial charge on any atom is 0.294 e. The van der Waals surface area contributed by atoms with Gasteiger partial charge in [0.25, 0.3) is 11.1 Å². The van der Waals surface area contributed by atoms with Gasteiger partial charge in [0, 0.05) is 31.9 Å². The molecule has 2 aromatic rings. The molecule has 0 saturated carbocycles. The van der Waals surface area contributed by atoms with Crippen LogP contribution in [0, 0.1) is 0 Å². The minimum absolute atomic E-state index is 0.0907. The number of hydrogen-bond acceptors (Lipinski definition) is 8. The van der Waals surface area contributed by atoms with Crippen LogP contribution >= 0.6 is 11.8 Å². The highest BCUT2D eigenvalue weighted by Gasteiger charge is 2.37. The summed E-state index contributed by atoms with van der Waals surface area (Å²) in [6.45, 7) is 2.30. The van der Waals surface area contributed by atoms with E-state index >= 15 is 0 Å². The van der Waals surface area contributed by atoms with Crippen molar-refractivity contribution < 1.29 is 28.6 Å². The van der Waals surface area contributed by atoms with Gasteiger partial charge in [0.15, 0.2) is 11.5 Å². The Morgan fingerprint density at radius 3 is 2.59 bits per heavy atom. The van der Waals surface area contributed by atoms with Crippen LogP contribution in [0.2, 0.25) is 0 Å². The maximum atomic E-state index is 12.9. The van der Waals surface area contributed by atoms with E-state index in [9.17, 15) is 14.4 Å². The van der Waals surface area contributed by atoms with Crippen LogP contribution in [0.3, 0.4) is 0 Å². The van der Waals surface area contributed by atoms with E-state index in [4.69, 9.17) is 14.2 Å². The number of ether oxygens (including phenoxy) is 3. The molecule has 0 N–H and O–H groups in total.